The summed E-state index contributed by atoms with van der Waals surface area (Å²) in [5.74, 6) is 0.929. The first-order valence-corrected chi connectivity index (χ1v) is 7.87. The molecule has 1 fully saturated rings. The topological polar surface area (TPSA) is 39.1 Å². The first-order valence-electron chi connectivity index (χ1n) is 7.87. The van der Waals surface area contributed by atoms with Crippen LogP contribution in [0.5, 0.6) is 5.75 Å². The van der Waals surface area contributed by atoms with Crippen LogP contribution in [0.25, 0.3) is 5.69 Å². The highest BCUT2D eigenvalue weighted by Crippen LogP contribution is 2.25. The minimum absolute atomic E-state index is 0.414. The average Bonchev–Trinajstić information content (AvgIpc) is 3.04. The van der Waals surface area contributed by atoms with Crippen LogP contribution in [0.1, 0.15) is 44.3 Å². The first-order chi connectivity index (χ1) is 10.4. The van der Waals surface area contributed by atoms with Gasteiger partial charge in [0.15, 0.2) is 0 Å². The van der Waals surface area contributed by atoms with Crippen molar-refractivity contribution < 1.29 is 4.74 Å². The average molecular weight is 285 g/mol. The number of piperidine rings is 1. The SMILES string of the molecule is CCCOc1ccc(-n2cncc2C2CCCCN2)cc1. The largest absolute Gasteiger partial charge is 0.494 e. The summed E-state index contributed by atoms with van der Waals surface area (Å²) in [6, 6.07) is 8.67. The maximum absolute atomic E-state index is 5.64. The second-order valence-electron chi connectivity index (χ2n) is 5.53. The van der Waals surface area contributed by atoms with Crippen molar-refractivity contribution in [3.8, 4) is 11.4 Å². The molecule has 112 valence electrons. The van der Waals surface area contributed by atoms with E-state index >= 15 is 0 Å². The molecule has 1 aromatic carbocycles. The number of rotatable bonds is 5. The van der Waals surface area contributed by atoms with Gasteiger partial charge in [0, 0.05) is 11.7 Å². The molecule has 2 heterocycles. The Morgan fingerprint density at radius 2 is 2.14 bits per heavy atom. The Balaban J connectivity index is 1.78. The van der Waals surface area contributed by atoms with Gasteiger partial charge in [-0.25, -0.2) is 4.98 Å². The Morgan fingerprint density at radius 1 is 1.29 bits per heavy atom. The Morgan fingerprint density at radius 3 is 2.86 bits per heavy atom. The third-order valence-corrected chi connectivity index (χ3v) is 3.92. The van der Waals surface area contributed by atoms with E-state index < -0.39 is 0 Å². The predicted molar refractivity (Wildman–Crippen MR) is 83.9 cm³/mol. The molecule has 1 aliphatic heterocycles. The van der Waals surface area contributed by atoms with Gasteiger partial charge in [0.1, 0.15) is 5.75 Å². The van der Waals surface area contributed by atoms with Crippen molar-refractivity contribution >= 4 is 0 Å². The molecule has 1 N–H and O–H groups in total. The number of ether oxygens (including phenoxy) is 1. The van der Waals surface area contributed by atoms with Gasteiger partial charge in [0.2, 0.25) is 0 Å². The fourth-order valence-corrected chi connectivity index (χ4v) is 2.81. The van der Waals surface area contributed by atoms with E-state index in [4.69, 9.17) is 4.74 Å². The summed E-state index contributed by atoms with van der Waals surface area (Å²) in [5, 5.41) is 3.59. The van der Waals surface area contributed by atoms with Crippen molar-refractivity contribution in [3.05, 3.63) is 42.5 Å². The summed E-state index contributed by atoms with van der Waals surface area (Å²) in [5.41, 5.74) is 2.38. The highest BCUT2D eigenvalue weighted by atomic mass is 16.5. The van der Waals surface area contributed by atoms with Crippen molar-refractivity contribution in [2.45, 2.75) is 38.6 Å². The molecular weight excluding hydrogens is 262 g/mol. The molecular formula is C17H23N3O. The molecule has 0 aliphatic carbocycles. The molecule has 0 amide bonds. The van der Waals surface area contributed by atoms with Crippen LogP contribution in [-0.4, -0.2) is 22.7 Å². The maximum atomic E-state index is 5.64. The molecule has 0 bridgehead atoms. The van der Waals surface area contributed by atoms with Gasteiger partial charge in [-0.15, -0.1) is 0 Å². The molecule has 0 spiro atoms. The Hall–Kier alpha value is -1.81. The second-order valence-corrected chi connectivity index (χ2v) is 5.53. The summed E-state index contributed by atoms with van der Waals surface area (Å²) in [6.45, 7) is 3.98. The van der Waals surface area contributed by atoms with Gasteiger partial charge >= 0.3 is 0 Å². The smallest absolute Gasteiger partial charge is 0.119 e. The molecule has 1 atom stereocenters. The van der Waals surface area contributed by atoms with Crippen LogP contribution in [0, 0.1) is 0 Å². The number of benzene rings is 1. The Labute approximate surface area is 126 Å². The molecule has 4 nitrogen and oxygen atoms in total. The quantitative estimate of drug-likeness (QED) is 0.914. The maximum Gasteiger partial charge on any atom is 0.119 e. The van der Waals surface area contributed by atoms with Crippen molar-refractivity contribution in [1.29, 1.82) is 0 Å². The Bertz CT molecular complexity index is 556. The van der Waals surface area contributed by atoms with E-state index in [-0.39, 0.29) is 0 Å². The summed E-state index contributed by atoms with van der Waals surface area (Å²) in [6.07, 6.45) is 8.64. The van der Waals surface area contributed by atoms with Gasteiger partial charge in [-0.2, -0.15) is 0 Å². The van der Waals surface area contributed by atoms with Crippen LogP contribution in [-0.2, 0) is 0 Å². The molecule has 1 aromatic heterocycles. The van der Waals surface area contributed by atoms with E-state index in [0.717, 1.165) is 31.0 Å². The third-order valence-electron chi connectivity index (χ3n) is 3.92. The van der Waals surface area contributed by atoms with Crippen molar-refractivity contribution in [1.82, 2.24) is 14.9 Å². The van der Waals surface area contributed by atoms with E-state index in [9.17, 15) is 0 Å². The fraction of sp³-hybridized carbons (Fsp3) is 0.471. The van der Waals surface area contributed by atoms with Gasteiger partial charge in [-0.05, 0) is 50.1 Å². The fourth-order valence-electron chi connectivity index (χ4n) is 2.81. The van der Waals surface area contributed by atoms with E-state index in [1.807, 2.05) is 24.7 Å². The highest BCUT2D eigenvalue weighted by molar-refractivity contribution is 5.39. The zero-order valence-electron chi connectivity index (χ0n) is 12.6. The number of imidazole rings is 1. The zero-order valence-corrected chi connectivity index (χ0v) is 12.6. The van der Waals surface area contributed by atoms with E-state index in [1.54, 1.807) is 0 Å². The minimum atomic E-state index is 0.414. The summed E-state index contributed by atoms with van der Waals surface area (Å²) < 4.78 is 7.81. The molecule has 0 saturated carbocycles. The number of aromatic nitrogens is 2. The lowest BCUT2D eigenvalue weighted by Crippen LogP contribution is -2.28. The summed E-state index contributed by atoms with van der Waals surface area (Å²) in [7, 11) is 0. The monoisotopic (exact) mass is 285 g/mol. The molecule has 1 aliphatic rings. The van der Waals surface area contributed by atoms with E-state index in [0.29, 0.717) is 6.04 Å². The van der Waals surface area contributed by atoms with E-state index in [2.05, 4.69) is 33.9 Å². The van der Waals surface area contributed by atoms with Crippen LogP contribution in [0.15, 0.2) is 36.8 Å². The highest BCUT2D eigenvalue weighted by Gasteiger charge is 2.18. The predicted octanol–water partition coefficient (Wildman–Crippen LogP) is 3.48. The molecule has 0 radical (unpaired) electrons. The summed E-state index contributed by atoms with van der Waals surface area (Å²) >= 11 is 0. The van der Waals surface area contributed by atoms with Gasteiger partial charge in [0.25, 0.3) is 0 Å². The first kappa shape index (κ1) is 14.1. The molecule has 1 unspecified atom stereocenters. The molecule has 3 rings (SSSR count). The van der Waals surface area contributed by atoms with Gasteiger partial charge in [-0.1, -0.05) is 13.3 Å². The molecule has 1 saturated heterocycles. The summed E-state index contributed by atoms with van der Waals surface area (Å²) in [4.78, 5) is 4.34. The number of nitrogens with one attached hydrogen (secondary N) is 1. The van der Waals surface area contributed by atoms with Gasteiger partial charge in [-0.3, -0.25) is 0 Å². The van der Waals surface area contributed by atoms with Crippen LogP contribution < -0.4 is 10.1 Å². The van der Waals surface area contributed by atoms with Crippen LogP contribution in [0.2, 0.25) is 0 Å². The van der Waals surface area contributed by atoms with Crippen molar-refractivity contribution in [3.63, 3.8) is 0 Å². The molecule has 21 heavy (non-hydrogen) atoms. The van der Waals surface area contributed by atoms with Gasteiger partial charge in [0.05, 0.1) is 24.8 Å². The number of hydrogen-bond donors (Lipinski definition) is 1. The zero-order chi connectivity index (χ0) is 14.5. The standard InChI is InChI=1S/C17H23N3O/c1-2-11-21-15-8-6-14(7-9-15)20-13-18-12-17(20)16-5-3-4-10-19-16/h6-9,12-13,16,19H,2-5,10-11H2,1H3. The van der Waals surface area contributed by atoms with Gasteiger partial charge < -0.3 is 14.6 Å². The Kier molecular flexibility index (Phi) is 4.55. The minimum Gasteiger partial charge on any atom is -0.494 e. The lowest BCUT2D eigenvalue weighted by Gasteiger charge is -2.24. The second kappa shape index (κ2) is 6.76. The van der Waals surface area contributed by atoms with Crippen LogP contribution in [0.3, 0.4) is 0 Å². The third kappa shape index (κ3) is 3.27. The number of nitrogens with zero attached hydrogens (tertiary/aromatic N) is 2. The molecule has 2 aromatic rings. The van der Waals surface area contributed by atoms with Crippen molar-refractivity contribution in [2.75, 3.05) is 13.2 Å². The molecule has 4 heteroatoms. The van der Waals surface area contributed by atoms with Crippen LogP contribution in [0.4, 0.5) is 0 Å². The normalized spacial score (nSPS) is 18.6. The van der Waals surface area contributed by atoms with E-state index in [1.165, 1.54) is 25.0 Å². The lowest BCUT2D eigenvalue weighted by atomic mass is 10.0. The lowest BCUT2D eigenvalue weighted by molar-refractivity contribution is 0.317. The van der Waals surface area contributed by atoms with Crippen molar-refractivity contribution in [2.24, 2.45) is 0 Å². The van der Waals surface area contributed by atoms with Crippen LogP contribution >= 0.6 is 0 Å². The number of hydrogen-bond acceptors (Lipinski definition) is 3.